The Kier molecular flexibility index (Phi) is 4.90. The number of ether oxygens (including phenoxy) is 2. The number of aryl methyl sites for hydroxylation is 1. The molecule has 0 aromatic heterocycles. The number of carbonyl (C=O) groups is 2. The van der Waals surface area contributed by atoms with E-state index in [-0.39, 0.29) is 23.7 Å². The lowest BCUT2D eigenvalue weighted by atomic mass is 9.90. The second kappa shape index (κ2) is 6.93. The molecule has 130 valence electrons. The largest absolute Gasteiger partial charge is 0.469 e. The molecule has 0 radical (unpaired) electrons. The van der Waals surface area contributed by atoms with Crippen molar-refractivity contribution in [1.29, 1.82) is 0 Å². The molecule has 1 aromatic carbocycles. The van der Waals surface area contributed by atoms with Gasteiger partial charge in [0.2, 0.25) is 5.91 Å². The summed E-state index contributed by atoms with van der Waals surface area (Å²) in [6.45, 7) is 3.96. The van der Waals surface area contributed by atoms with Crippen molar-refractivity contribution in [3.63, 3.8) is 0 Å². The predicted molar refractivity (Wildman–Crippen MR) is 91.1 cm³/mol. The zero-order chi connectivity index (χ0) is 17.2. The summed E-state index contributed by atoms with van der Waals surface area (Å²) < 4.78 is 9.79. The highest BCUT2D eigenvalue weighted by atomic mass is 16.5. The molecular formula is C19H25NO4. The Morgan fingerprint density at radius 2 is 1.96 bits per heavy atom. The summed E-state index contributed by atoms with van der Waals surface area (Å²) in [5, 5.41) is 2.93. The second-order valence-electron chi connectivity index (χ2n) is 6.81. The molecule has 1 saturated carbocycles. The minimum Gasteiger partial charge on any atom is -0.469 e. The molecule has 3 aliphatic rings. The molecule has 5 heteroatoms. The van der Waals surface area contributed by atoms with Gasteiger partial charge in [-0.15, -0.1) is 0 Å². The molecule has 1 amide bonds. The van der Waals surface area contributed by atoms with Crippen LogP contribution in [-0.2, 0) is 30.9 Å². The molecule has 2 heterocycles. The average Bonchev–Trinajstić information content (AvgIpc) is 3.32. The lowest BCUT2D eigenvalue weighted by Gasteiger charge is -2.12. The van der Waals surface area contributed by atoms with Gasteiger partial charge in [0.25, 0.3) is 0 Å². The number of rotatable bonds is 2. The van der Waals surface area contributed by atoms with Crippen LogP contribution in [0.2, 0.25) is 0 Å². The molecule has 1 aromatic rings. The van der Waals surface area contributed by atoms with Gasteiger partial charge in [-0.1, -0.05) is 6.07 Å². The first-order chi connectivity index (χ1) is 11.6. The van der Waals surface area contributed by atoms with Crippen LogP contribution in [0.25, 0.3) is 0 Å². The van der Waals surface area contributed by atoms with E-state index in [9.17, 15) is 9.59 Å². The van der Waals surface area contributed by atoms with E-state index in [0.29, 0.717) is 0 Å². The van der Waals surface area contributed by atoms with Crippen LogP contribution in [0, 0.1) is 6.92 Å². The molecule has 1 saturated heterocycles. The topological polar surface area (TPSA) is 64.6 Å². The second-order valence-corrected chi connectivity index (χ2v) is 6.81. The van der Waals surface area contributed by atoms with Crippen molar-refractivity contribution in [3.05, 3.63) is 28.8 Å². The summed E-state index contributed by atoms with van der Waals surface area (Å²) in [7, 11) is 1.38. The number of amides is 1. The molecule has 2 aliphatic heterocycles. The number of esters is 1. The smallest absolute Gasteiger partial charge is 0.309 e. The van der Waals surface area contributed by atoms with Crippen LogP contribution >= 0.6 is 0 Å². The Labute approximate surface area is 142 Å². The van der Waals surface area contributed by atoms with Crippen LogP contribution in [0.1, 0.15) is 48.8 Å². The van der Waals surface area contributed by atoms with Gasteiger partial charge in [0, 0.05) is 18.9 Å². The van der Waals surface area contributed by atoms with Gasteiger partial charge in [-0.2, -0.15) is 0 Å². The Morgan fingerprint density at radius 3 is 2.46 bits per heavy atom. The van der Waals surface area contributed by atoms with Crippen molar-refractivity contribution in [1.82, 2.24) is 0 Å². The van der Waals surface area contributed by atoms with Crippen molar-refractivity contribution in [2.45, 2.75) is 50.9 Å². The van der Waals surface area contributed by atoms with Crippen molar-refractivity contribution >= 4 is 17.6 Å². The fourth-order valence-electron chi connectivity index (χ4n) is 3.54. The summed E-state index contributed by atoms with van der Waals surface area (Å²) in [5.41, 5.74) is 3.50. The Balaban J connectivity index is 0.000000238. The molecule has 4 rings (SSSR count). The molecule has 0 bridgehead atoms. The van der Waals surface area contributed by atoms with Gasteiger partial charge in [-0.3, -0.25) is 9.59 Å². The van der Waals surface area contributed by atoms with E-state index in [1.54, 1.807) is 0 Å². The Bertz CT molecular complexity index is 634. The van der Waals surface area contributed by atoms with Gasteiger partial charge in [-0.25, -0.2) is 0 Å². The fourth-order valence-corrected chi connectivity index (χ4v) is 3.54. The lowest BCUT2D eigenvalue weighted by molar-refractivity contribution is -0.139. The lowest BCUT2D eigenvalue weighted by Crippen LogP contribution is -2.20. The molecule has 24 heavy (non-hydrogen) atoms. The normalized spacial score (nSPS) is 19.8. The van der Waals surface area contributed by atoms with Gasteiger partial charge in [0.05, 0.1) is 18.9 Å². The minimum atomic E-state index is -0.355. The third kappa shape index (κ3) is 3.31. The van der Waals surface area contributed by atoms with Crippen LogP contribution in [0.3, 0.4) is 0 Å². The summed E-state index contributed by atoms with van der Waals surface area (Å²) in [5.74, 6) is -0.188. The number of carbonyl (C=O) groups excluding carboxylic acids is 2. The van der Waals surface area contributed by atoms with Crippen molar-refractivity contribution in [2.24, 2.45) is 0 Å². The molecule has 1 spiro atoms. The maximum atomic E-state index is 12.0. The van der Waals surface area contributed by atoms with Crippen LogP contribution < -0.4 is 5.32 Å². The van der Waals surface area contributed by atoms with Gasteiger partial charge in [0.15, 0.2) is 0 Å². The molecule has 0 atom stereocenters. The quantitative estimate of drug-likeness (QED) is 0.846. The monoisotopic (exact) mass is 331 g/mol. The number of nitrogens with one attached hydrogen (secondary N) is 1. The van der Waals surface area contributed by atoms with Crippen LogP contribution in [0.4, 0.5) is 5.69 Å². The third-order valence-corrected chi connectivity index (χ3v) is 4.92. The van der Waals surface area contributed by atoms with E-state index in [2.05, 4.69) is 5.32 Å². The van der Waals surface area contributed by atoms with E-state index in [4.69, 9.17) is 9.47 Å². The number of hydrogen-bond acceptors (Lipinski definition) is 4. The number of anilines is 1. The van der Waals surface area contributed by atoms with E-state index in [1.807, 2.05) is 19.1 Å². The number of benzene rings is 1. The van der Waals surface area contributed by atoms with E-state index in [1.165, 1.54) is 26.4 Å². The van der Waals surface area contributed by atoms with E-state index in [0.717, 1.165) is 48.4 Å². The van der Waals surface area contributed by atoms with Gasteiger partial charge >= 0.3 is 5.97 Å². The highest BCUT2D eigenvalue weighted by Crippen LogP contribution is 2.56. The van der Waals surface area contributed by atoms with Gasteiger partial charge < -0.3 is 14.8 Å². The number of hydrogen-bond donors (Lipinski definition) is 1. The first-order valence-electron chi connectivity index (χ1n) is 8.67. The first kappa shape index (κ1) is 17.0. The first-order valence-corrected chi connectivity index (χ1v) is 8.67. The van der Waals surface area contributed by atoms with E-state index < -0.39 is 0 Å². The Morgan fingerprint density at radius 1 is 1.25 bits per heavy atom. The molecular weight excluding hydrogens is 306 g/mol. The summed E-state index contributed by atoms with van der Waals surface area (Å²) >= 11 is 0. The van der Waals surface area contributed by atoms with Crippen LogP contribution in [-0.4, -0.2) is 32.2 Å². The number of methoxy groups -OCH3 is 1. The van der Waals surface area contributed by atoms with Crippen molar-refractivity contribution in [2.75, 3.05) is 25.6 Å². The molecule has 0 unspecified atom stereocenters. The third-order valence-electron chi connectivity index (χ3n) is 4.92. The van der Waals surface area contributed by atoms with Crippen molar-refractivity contribution in [3.8, 4) is 0 Å². The van der Waals surface area contributed by atoms with Crippen molar-refractivity contribution < 1.29 is 19.1 Å². The predicted octanol–water partition coefficient (Wildman–Crippen LogP) is 2.88. The SMILES string of the molecule is C1CCOCC1.COC(=O)Cc1cc(C)cc2c1C1(CC1)C(=O)N2. The molecule has 1 N–H and O–H groups in total. The Hall–Kier alpha value is -1.88. The standard InChI is InChI=1S/C14H15NO3.C5H10O/c1-8-5-9(7-11(16)18-2)12-10(6-8)15-13(17)14(12)3-4-14;1-2-4-6-5-3-1/h5-6H,3-4,7H2,1-2H3,(H,15,17);1-5H2. The average molecular weight is 331 g/mol. The molecule has 2 fully saturated rings. The van der Waals surface area contributed by atoms with Crippen LogP contribution in [0.15, 0.2) is 12.1 Å². The fraction of sp³-hybridized carbons (Fsp3) is 0.579. The van der Waals surface area contributed by atoms with Crippen LogP contribution in [0.5, 0.6) is 0 Å². The zero-order valence-electron chi connectivity index (χ0n) is 14.4. The molecule has 1 aliphatic carbocycles. The summed E-state index contributed by atoms with van der Waals surface area (Å²) in [6.07, 6.45) is 5.92. The summed E-state index contributed by atoms with van der Waals surface area (Å²) in [4.78, 5) is 23.5. The van der Waals surface area contributed by atoms with Gasteiger partial charge in [-0.05, 0) is 61.8 Å². The highest BCUT2D eigenvalue weighted by molar-refractivity contribution is 6.09. The summed E-state index contributed by atoms with van der Waals surface area (Å²) in [6, 6.07) is 3.96. The highest BCUT2D eigenvalue weighted by Gasteiger charge is 2.57. The van der Waals surface area contributed by atoms with Gasteiger partial charge in [0.1, 0.15) is 0 Å². The van der Waals surface area contributed by atoms with E-state index >= 15 is 0 Å². The minimum absolute atomic E-state index is 0.0780. The zero-order valence-corrected chi connectivity index (χ0v) is 14.4. The number of fused-ring (bicyclic) bond motifs is 2. The molecule has 5 nitrogen and oxygen atoms in total. The maximum absolute atomic E-state index is 12.0. The maximum Gasteiger partial charge on any atom is 0.309 e.